The molecule has 2 aromatic heterocycles. The van der Waals surface area contributed by atoms with E-state index in [2.05, 4.69) is 26.1 Å². The van der Waals surface area contributed by atoms with Gasteiger partial charge >= 0.3 is 5.97 Å². The van der Waals surface area contributed by atoms with Gasteiger partial charge in [-0.1, -0.05) is 13.8 Å². The Bertz CT molecular complexity index is 1370. The second kappa shape index (κ2) is 9.72. The van der Waals surface area contributed by atoms with Crippen LogP contribution in [0.1, 0.15) is 59.9 Å². The van der Waals surface area contributed by atoms with Gasteiger partial charge in [-0.15, -0.1) is 12.4 Å². The number of benzene rings is 1. The van der Waals surface area contributed by atoms with Gasteiger partial charge in [0.1, 0.15) is 5.69 Å². The van der Waals surface area contributed by atoms with Crippen LogP contribution in [0.15, 0.2) is 41.6 Å². The third-order valence-corrected chi connectivity index (χ3v) is 7.96. The van der Waals surface area contributed by atoms with E-state index in [1.807, 2.05) is 19.9 Å². The number of aromatic carboxylic acids is 1. The van der Waals surface area contributed by atoms with Crippen molar-refractivity contribution in [2.24, 2.45) is 5.92 Å². The number of anilines is 1. The second-order valence-electron chi connectivity index (χ2n) is 9.68. The number of carbonyl (C=O) groups is 1. The first-order chi connectivity index (χ1) is 16.2. The van der Waals surface area contributed by atoms with E-state index in [4.69, 9.17) is 5.11 Å². The zero-order valence-corrected chi connectivity index (χ0v) is 21.2. The highest BCUT2D eigenvalue weighted by Gasteiger charge is 2.32. The van der Waals surface area contributed by atoms with E-state index >= 15 is 0 Å². The lowest BCUT2D eigenvalue weighted by atomic mass is 10.0. The molecular formula is C25H29ClN4O4S. The molecule has 8 nitrogen and oxygen atoms in total. The molecule has 2 heterocycles. The maximum Gasteiger partial charge on any atom is 0.354 e. The fraction of sp³-hybridized carbons (Fsp3) is 0.400. The van der Waals surface area contributed by atoms with Gasteiger partial charge in [0.15, 0.2) is 0 Å². The smallest absolute Gasteiger partial charge is 0.354 e. The van der Waals surface area contributed by atoms with Crippen molar-refractivity contribution in [2.45, 2.75) is 56.4 Å². The molecule has 0 aliphatic heterocycles. The zero-order chi connectivity index (χ0) is 24.0. The highest BCUT2D eigenvalue weighted by Crippen LogP contribution is 2.42. The number of hydrogen-bond acceptors (Lipinski definition) is 6. The summed E-state index contributed by atoms with van der Waals surface area (Å²) in [6, 6.07) is 7.14. The molecule has 10 heteroatoms. The van der Waals surface area contributed by atoms with Crippen LogP contribution in [-0.2, 0) is 22.9 Å². The number of fused-ring (bicyclic) bond motifs is 2. The van der Waals surface area contributed by atoms with Gasteiger partial charge in [0.25, 0.3) is 0 Å². The molecule has 2 aliphatic rings. The van der Waals surface area contributed by atoms with E-state index in [0.29, 0.717) is 35.9 Å². The summed E-state index contributed by atoms with van der Waals surface area (Å²) >= 11 is 0. The van der Waals surface area contributed by atoms with Gasteiger partial charge < -0.3 is 10.4 Å². The van der Waals surface area contributed by atoms with E-state index in [1.54, 1.807) is 12.3 Å². The average molecular weight is 517 g/mol. The van der Waals surface area contributed by atoms with Crippen molar-refractivity contribution in [3.63, 3.8) is 0 Å². The molecular weight excluding hydrogens is 488 g/mol. The molecule has 1 fully saturated rings. The summed E-state index contributed by atoms with van der Waals surface area (Å²) in [5.74, 6) is -0.459. The number of carboxylic acids is 1. The Kier molecular flexibility index (Phi) is 7.04. The van der Waals surface area contributed by atoms with Gasteiger partial charge in [-0.25, -0.2) is 22.9 Å². The van der Waals surface area contributed by atoms with Crippen LogP contribution in [0.25, 0.3) is 10.8 Å². The summed E-state index contributed by atoms with van der Waals surface area (Å²) in [6.45, 7) is 4.33. The summed E-state index contributed by atoms with van der Waals surface area (Å²) < 4.78 is 29.9. The van der Waals surface area contributed by atoms with E-state index < -0.39 is 16.0 Å². The number of pyridine rings is 2. The lowest BCUT2D eigenvalue weighted by Gasteiger charge is -2.16. The van der Waals surface area contributed by atoms with Gasteiger partial charge in [0, 0.05) is 41.2 Å². The van der Waals surface area contributed by atoms with Crippen LogP contribution >= 0.6 is 12.4 Å². The fourth-order valence-electron chi connectivity index (χ4n) is 4.57. The quantitative estimate of drug-likeness (QED) is 0.411. The highest BCUT2D eigenvalue weighted by molar-refractivity contribution is 7.89. The van der Waals surface area contributed by atoms with E-state index in [9.17, 15) is 13.2 Å². The minimum Gasteiger partial charge on any atom is -0.477 e. The van der Waals surface area contributed by atoms with Gasteiger partial charge in [0.05, 0.1) is 16.8 Å². The van der Waals surface area contributed by atoms with Crippen molar-refractivity contribution in [3.8, 4) is 0 Å². The van der Waals surface area contributed by atoms with Crippen molar-refractivity contribution in [1.29, 1.82) is 0 Å². The molecule has 35 heavy (non-hydrogen) atoms. The Morgan fingerprint density at radius 3 is 2.54 bits per heavy atom. The van der Waals surface area contributed by atoms with Crippen LogP contribution in [0.3, 0.4) is 0 Å². The lowest BCUT2D eigenvalue weighted by molar-refractivity contribution is 0.0690. The summed E-state index contributed by atoms with van der Waals surface area (Å²) in [5, 5.41) is 14.0. The van der Waals surface area contributed by atoms with Gasteiger partial charge in [-0.05, 0) is 67.0 Å². The number of nitrogens with zero attached hydrogens (tertiary/aromatic N) is 2. The summed E-state index contributed by atoms with van der Waals surface area (Å²) in [5.41, 5.74) is 3.47. The molecule has 3 aromatic rings. The second-order valence-corrected chi connectivity index (χ2v) is 11.4. The lowest BCUT2D eigenvalue weighted by Crippen LogP contribution is -2.29. The van der Waals surface area contributed by atoms with Crippen molar-refractivity contribution < 1.29 is 18.3 Å². The number of sulfonamides is 1. The minimum atomic E-state index is -3.72. The average Bonchev–Trinajstić information content (AvgIpc) is 3.57. The maximum atomic E-state index is 13.6. The minimum absolute atomic E-state index is 0. The van der Waals surface area contributed by atoms with Crippen LogP contribution in [0, 0.1) is 5.92 Å². The van der Waals surface area contributed by atoms with Crippen molar-refractivity contribution in [2.75, 3.05) is 11.9 Å². The van der Waals surface area contributed by atoms with Crippen LogP contribution in [0.5, 0.6) is 0 Å². The molecule has 0 spiro atoms. The van der Waals surface area contributed by atoms with Crippen molar-refractivity contribution in [3.05, 3.63) is 59.2 Å². The SMILES string of the molecule is CC(C)CNS(=O)(=O)c1c2c(cc3cnc(C4CC4)cc13)CC(Nc1ccc(C(=O)O)nc1)C2.Cl. The van der Waals surface area contributed by atoms with Crippen LogP contribution in [-0.4, -0.2) is 42.0 Å². The van der Waals surface area contributed by atoms with Crippen LogP contribution < -0.4 is 10.0 Å². The summed E-state index contributed by atoms with van der Waals surface area (Å²) in [6.07, 6.45) is 6.69. The third-order valence-electron chi connectivity index (χ3n) is 6.41. The number of halogens is 1. The van der Waals surface area contributed by atoms with Crippen molar-refractivity contribution >= 4 is 44.9 Å². The zero-order valence-electron chi connectivity index (χ0n) is 19.6. The number of nitrogens with one attached hydrogen (secondary N) is 2. The number of aromatic nitrogens is 2. The highest BCUT2D eigenvalue weighted by atomic mass is 35.5. The maximum absolute atomic E-state index is 13.6. The van der Waals surface area contributed by atoms with E-state index in [0.717, 1.165) is 40.4 Å². The van der Waals surface area contributed by atoms with E-state index in [-0.39, 0.29) is 30.1 Å². The molecule has 0 radical (unpaired) electrons. The molecule has 5 rings (SSSR count). The molecule has 0 saturated heterocycles. The van der Waals surface area contributed by atoms with Gasteiger partial charge in [-0.3, -0.25) is 4.98 Å². The Morgan fingerprint density at radius 1 is 1.14 bits per heavy atom. The Morgan fingerprint density at radius 2 is 1.91 bits per heavy atom. The predicted molar refractivity (Wildman–Crippen MR) is 137 cm³/mol. The molecule has 1 atom stereocenters. The molecule has 1 saturated carbocycles. The first-order valence-corrected chi connectivity index (χ1v) is 13.1. The number of hydrogen-bond donors (Lipinski definition) is 3. The van der Waals surface area contributed by atoms with Gasteiger partial charge in [-0.2, -0.15) is 0 Å². The molecule has 2 aliphatic carbocycles. The third kappa shape index (κ3) is 5.27. The predicted octanol–water partition coefficient (Wildman–Crippen LogP) is 4.14. The summed E-state index contributed by atoms with van der Waals surface area (Å²) in [4.78, 5) is 20.0. The normalized spacial score (nSPS) is 17.3. The molecule has 186 valence electrons. The summed E-state index contributed by atoms with van der Waals surface area (Å²) in [7, 11) is -3.72. The molecule has 0 bridgehead atoms. The van der Waals surface area contributed by atoms with Crippen LogP contribution in [0.2, 0.25) is 0 Å². The standard InChI is InChI=1S/C25H28N4O4S.ClH/c1-14(2)11-28-34(32,33)24-20-9-19(29-18-5-6-22(25(30)31)27-13-18)8-16(20)7-17-12-26-23(10-21(17)24)15-3-4-15;/h5-7,10,12-15,19,28-29H,3-4,8-9,11H2,1-2H3,(H,30,31);1H. The van der Waals surface area contributed by atoms with E-state index in [1.165, 1.54) is 12.3 Å². The van der Waals surface area contributed by atoms with Crippen LogP contribution in [0.4, 0.5) is 5.69 Å². The monoisotopic (exact) mass is 516 g/mol. The molecule has 1 aromatic carbocycles. The Balaban J connectivity index is 0.00000289. The Hall–Kier alpha value is -2.75. The number of carboxylic acid groups (broad SMARTS) is 1. The fourth-order valence-corrected chi connectivity index (χ4v) is 6.27. The number of rotatable bonds is 8. The Labute approximate surface area is 211 Å². The first-order valence-electron chi connectivity index (χ1n) is 11.6. The first kappa shape index (κ1) is 25.3. The van der Waals surface area contributed by atoms with Crippen molar-refractivity contribution in [1.82, 2.24) is 14.7 Å². The van der Waals surface area contributed by atoms with Gasteiger partial charge in [0.2, 0.25) is 10.0 Å². The largest absolute Gasteiger partial charge is 0.477 e. The molecule has 1 unspecified atom stereocenters. The molecule has 3 N–H and O–H groups in total. The molecule has 0 amide bonds. The topological polar surface area (TPSA) is 121 Å².